The molecule has 0 saturated carbocycles. The zero-order chi connectivity index (χ0) is 45.7. The van der Waals surface area contributed by atoms with E-state index in [-0.39, 0.29) is 0 Å². The van der Waals surface area contributed by atoms with Crippen LogP contribution < -0.4 is 20.2 Å². The first-order valence-electron chi connectivity index (χ1n) is 22.6. The van der Waals surface area contributed by atoms with Crippen molar-refractivity contribution in [3.63, 3.8) is 0 Å². The van der Waals surface area contributed by atoms with Crippen LogP contribution in [0.3, 0.4) is 0 Å². The molecule has 0 radical (unpaired) electrons. The van der Waals surface area contributed by atoms with Crippen LogP contribution in [0.2, 0.25) is 39.3 Å². The predicted molar refractivity (Wildman–Crippen MR) is 286 cm³/mol. The van der Waals surface area contributed by atoms with Crippen molar-refractivity contribution in [1.82, 2.24) is 0 Å². The second kappa shape index (κ2) is 16.7. The first-order valence-corrected chi connectivity index (χ1v) is 29.6. The molecule has 0 atom stereocenters. The van der Waals surface area contributed by atoms with Gasteiger partial charge in [-0.2, -0.15) is 10.5 Å². The van der Waals surface area contributed by atoms with E-state index in [1.807, 2.05) is 24.3 Å². The van der Waals surface area contributed by atoms with E-state index in [2.05, 4.69) is 231 Å². The fourth-order valence-electron chi connectivity index (χ4n) is 9.44. The van der Waals surface area contributed by atoms with Crippen LogP contribution in [0.1, 0.15) is 11.1 Å². The molecule has 0 heterocycles. The van der Waals surface area contributed by atoms with E-state index in [0.717, 1.165) is 66.8 Å². The van der Waals surface area contributed by atoms with E-state index >= 15 is 0 Å². The third kappa shape index (κ3) is 7.61. The summed E-state index contributed by atoms with van der Waals surface area (Å²) in [5.41, 5.74) is 12.1. The molecule has 0 amide bonds. The quantitative estimate of drug-likeness (QED) is 0.101. The van der Waals surface area contributed by atoms with Gasteiger partial charge in [0.05, 0.1) is 62.2 Å². The van der Waals surface area contributed by atoms with Crippen molar-refractivity contribution in [3.8, 4) is 34.4 Å². The molecule has 0 saturated heterocycles. The maximum Gasteiger partial charge on any atom is 0.0991 e. The maximum absolute atomic E-state index is 9.87. The Morgan fingerprint density at radius 3 is 1.06 bits per heavy atom. The van der Waals surface area contributed by atoms with Crippen molar-refractivity contribution in [3.05, 3.63) is 205 Å². The Hall–Kier alpha value is -7.75. The van der Waals surface area contributed by atoms with Crippen LogP contribution in [0.5, 0.6) is 0 Å². The zero-order valence-corrected chi connectivity index (χ0v) is 40.3. The van der Waals surface area contributed by atoms with Gasteiger partial charge in [-0.25, -0.2) is 0 Å². The first kappa shape index (κ1) is 42.2. The summed E-state index contributed by atoms with van der Waals surface area (Å²) in [6.45, 7) is 14.4. The monoisotopic (exact) mass is 882 g/mol. The number of nitriles is 2. The summed E-state index contributed by atoms with van der Waals surface area (Å²) < 4.78 is 0. The fourth-order valence-corrected chi connectivity index (χ4v) is 11.8. The molecule has 0 bridgehead atoms. The van der Waals surface area contributed by atoms with Crippen LogP contribution in [-0.4, -0.2) is 16.1 Å². The van der Waals surface area contributed by atoms with Gasteiger partial charge in [-0.05, 0) is 105 Å². The molecule has 0 spiro atoms. The highest BCUT2D eigenvalue weighted by Crippen LogP contribution is 2.50. The maximum atomic E-state index is 9.87. The Labute approximate surface area is 390 Å². The molecule has 10 aromatic carbocycles. The molecule has 0 aromatic heterocycles. The molecular formula is C60H50N4Si2. The molecule has 0 aliphatic heterocycles. The number of hydrogen-bond donors (Lipinski definition) is 0. The molecule has 318 valence electrons. The number of hydrogen-bond acceptors (Lipinski definition) is 4. The van der Waals surface area contributed by atoms with Crippen LogP contribution in [0.25, 0.3) is 54.6 Å². The minimum Gasteiger partial charge on any atom is -0.309 e. The third-order valence-electron chi connectivity index (χ3n) is 13.0. The lowest BCUT2D eigenvalue weighted by atomic mass is 9.91. The zero-order valence-electron chi connectivity index (χ0n) is 38.3. The van der Waals surface area contributed by atoms with Gasteiger partial charge in [0.1, 0.15) is 0 Å². The van der Waals surface area contributed by atoms with Crippen molar-refractivity contribution < 1.29 is 0 Å². The molecule has 10 rings (SSSR count). The summed E-state index contributed by atoms with van der Waals surface area (Å²) in [7, 11) is -3.38. The number of nitrogens with zero attached hydrogens (tertiary/aromatic N) is 4. The van der Waals surface area contributed by atoms with E-state index in [0.29, 0.717) is 11.1 Å². The van der Waals surface area contributed by atoms with E-state index in [1.54, 1.807) is 0 Å². The highest BCUT2D eigenvalue weighted by atomic mass is 28.3. The summed E-state index contributed by atoms with van der Waals surface area (Å²) in [5.74, 6) is 0. The normalized spacial score (nSPS) is 11.8. The lowest BCUT2D eigenvalue weighted by Gasteiger charge is -2.32. The molecule has 0 fully saturated rings. The van der Waals surface area contributed by atoms with Crippen molar-refractivity contribution in [2.24, 2.45) is 0 Å². The topological polar surface area (TPSA) is 54.1 Å². The van der Waals surface area contributed by atoms with Crippen LogP contribution in [0.4, 0.5) is 34.1 Å². The van der Waals surface area contributed by atoms with Gasteiger partial charge in [0.2, 0.25) is 0 Å². The number of anilines is 6. The summed E-state index contributed by atoms with van der Waals surface area (Å²) in [5, 5.41) is 29.5. The Balaban J connectivity index is 1.25. The van der Waals surface area contributed by atoms with E-state index < -0.39 is 16.1 Å². The summed E-state index contributed by atoms with van der Waals surface area (Å²) in [6.07, 6.45) is 0. The minimum absolute atomic E-state index is 0.622. The SMILES string of the molecule is C[Si](C)(C)c1ccc(N(c2ccc(C#N)cc2)c2ccc3ccc4c(N(c5ccc(C#N)cc5)c5ccc([Si](C)(C)C)cc5-c5ccccc5)ccc5ccc2c3c54)c(-c2ccccc2)c1. The average molecular weight is 883 g/mol. The summed E-state index contributed by atoms with van der Waals surface area (Å²) in [6, 6.07) is 74.3. The van der Waals surface area contributed by atoms with Crippen molar-refractivity contribution in [1.29, 1.82) is 10.5 Å². The van der Waals surface area contributed by atoms with Gasteiger partial charge in [0, 0.05) is 33.3 Å². The van der Waals surface area contributed by atoms with Gasteiger partial charge in [-0.1, -0.05) is 171 Å². The largest absolute Gasteiger partial charge is 0.309 e. The Morgan fingerprint density at radius 1 is 0.364 bits per heavy atom. The van der Waals surface area contributed by atoms with Crippen molar-refractivity contribution >= 4 is 93.0 Å². The molecular weight excluding hydrogens is 833 g/mol. The van der Waals surface area contributed by atoms with Gasteiger partial charge in [-0.3, -0.25) is 0 Å². The standard InChI is InChI=1S/C60H50N4Si2/c1-65(2,3)49-29-35-57(53(37-49)43-13-9-7-10-14-43)63(47-25-17-41(39-61)18-26-47)55-33-23-45-22-32-52-56(34-24-46-21-31-51(55)59(45)60(46)52)64(48-27-19-42(40-62)20-28-48)58-36-30-50(66(4,5)6)38-54(58)44-15-11-8-12-16-44/h7-38H,1-6H3. The fraction of sp³-hybridized carbons (Fsp3) is 0.100. The molecule has 10 aromatic rings. The highest BCUT2D eigenvalue weighted by molar-refractivity contribution is 6.89. The molecule has 0 aliphatic carbocycles. The second-order valence-electron chi connectivity index (χ2n) is 19.3. The van der Waals surface area contributed by atoms with Gasteiger partial charge in [0.15, 0.2) is 0 Å². The lowest BCUT2D eigenvalue weighted by Crippen LogP contribution is -2.37. The van der Waals surface area contributed by atoms with Gasteiger partial charge in [-0.15, -0.1) is 0 Å². The number of benzene rings is 10. The molecule has 6 heteroatoms. The molecule has 0 aliphatic rings. The minimum atomic E-state index is -1.69. The van der Waals surface area contributed by atoms with Gasteiger partial charge in [0.25, 0.3) is 0 Å². The Morgan fingerprint density at radius 2 is 0.712 bits per heavy atom. The number of rotatable bonds is 10. The van der Waals surface area contributed by atoms with Crippen molar-refractivity contribution in [2.75, 3.05) is 9.80 Å². The van der Waals surface area contributed by atoms with Crippen LogP contribution in [0, 0.1) is 22.7 Å². The second-order valence-corrected chi connectivity index (χ2v) is 29.4. The molecule has 0 unspecified atom stereocenters. The van der Waals surface area contributed by atoms with Crippen LogP contribution >= 0.6 is 0 Å². The highest BCUT2D eigenvalue weighted by Gasteiger charge is 2.27. The van der Waals surface area contributed by atoms with Crippen molar-refractivity contribution in [2.45, 2.75) is 39.3 Å². The van der Waals surface area contributed by atoms with E-state index in [1.165, 1.54) is 32.3 Å². The smallest absolute Gasteiger partial charge is 0.0991 e. The Bertz CT molecular complexity index is 3270. The van der Waals surface area contributed by atoms with Gasteiger partial charge >= 0.3 is 0 Å². The summed E-state index contributed by atoms with van der Waals surface area (Å²) >= 11 is 0. The van der Waals surface area contributed by atoms with E-state index in [9.17, 15) is 10.5 Å². The molecule has 66 heavy (non-hydrogen) atoms. The Kier molecular flexibility index (Phi) is 10.7. The first-order chi connectivity index (χ1) is 31.9. The average Bonchev–Trinajstić information content (AvgIpc) is 3.34. The third-order valence-corrected chi connectivity index (χ3v) is 17.1. The van der Waals surface area contributed by atoms with Crippen LogP contribution in [0.15, 0.2) is 194 Å². The van der Waals surface area contributed by atoms with Crippen LogP contribution in [-0.2, 0) is 0 Å². The lowest BCUT2D eigenvalue weighted by molar-refractivity contribution is 1.29. The molecule has 4 nitrogen and oxygen atoms in total. The van der Waals surface area contributed by atoms with Gasteiger partial charge < -0.3 is 9.80 Å². The summed E-state index contributed by atoms with van der Waals surface area (Å²) in [4.78, 5) is 4.78. The van der Waals surface area contributed by atoms with E-state index in [4.69, 9.17) is 0 Å². The molecule has 0 N–H and O–H groups in total. The predicted octanol–water partition coefficient (Wildman–Crippen LogP) is 15.7.